The van der Waals surface area contributed by atoms with Crippen LogP contribution in [-0.4, -0.2) is 13.2 Å². The highest BCUT2D eigenvalue weighted by molar-refractivity contribution is 5.32. The number of halogens is 1. The zero-order chi connectivity index (χ0) is 11.3. The topological polar surface area (TPSA) is 35.2 Å². The largest absolute Gasteiger partial charge is 0.372 e. The summed E-state index contributed by atoms with van der Waals surface area (Å²) in [5.41, 5.74) is 7.17. The van der Waals surface area contributed by atoms with Crippen molar-refractivity contribution >= 4 is 0 Å². The van der Waals surface area contributed by atoms with Gasteiger partial charge in [0.1, 0.15) is 5.82 Å². The monoisotopic (exact) mass is 211 g/mol. The maximum Gasteiger partial charge on any atom is 0.129 e. The van der Waals surface area contributed by atoms with Gasteiger partial charge in [0, 0.05) is 12.1 Å². The molecule has 1 heterocycles. The smallest absolute Gasteiger partial charge is 0.129 e. The molecule has 3 heteroatoms. The molecule has 1 aromatic rings. The molecule has 0 spiro atoms. The zero-order valence-electron chi connectivity index (χ0n) is 9.29. The van der Waals surface area contributed by atoms with E-state index in [1.54, 1.807) is 6.07 Å². The Kier molecular flexibility index (Phi) is 4.72. The lowest BCUT2D eigenvalue weighted by Gasteiger charge is -2.25. The fraction of sp³-hybridized carbons (Fsp3) is 0.500. The molecule has 1 atom stereocenters. The van der Waals surface area contributed by atoms with Gasteiger partial charge in [0.15, 0.2) is 0 Å². The van der Waals surface area contributed by atoms with E-state index in [4.69, 9.17) is 10.5 Å². The minimum Gasteiger partial charge on any atom is -0.372 e. The molecular weight excluding hydrogens is 193 g/mol. The van der Waals surface area contributed by atoms with Crippen LogP contribution in [0.5, 0.6) is 0 Å². The highest BCUT2D eigenvalue weighted by atomic mass is 19.1. The number of benzene rings is 1. The molecule has 0 amide bonds. The summed E-state index contributed by atoms with van der Waals surface area (Å²) in [7, 11) is 0. The van der Waals surface area contributed by atoms with E-state index >= 15 is 0 Å². The van der Waals surface area contributed by atoms with Crippen molar-refractivity contribution in [1.82, 2.24) is 0 Å². The first-order valence-electron chi connectivity index (χ1n) is 5.42. The normalized spacial score (nSPS) is 18.8. The quantitative estimate of drug-likeness (QED) is 0.774. The van der Waals surface area contributed by atoms with Gasteiger partial charge in [0.05, 0.1) is 12.7 Å². The van der Waals surface area contributed by atoms with Crippen molar-refractivity contribution in [3.05, 3.63) is 35.1 Å². The first-order valence-corrected chi connectivity index (χ1v) is 5.42. The van der Waals surface area contributed by atoms with E-state index in [1.165, 1.54) is 6.07 Å². The molecule has 84 valence electrons. The van der Waals surface area contributed by atoms with Crippen molar-refractivity contribution in [2.45, 2.75) is 26.4 Å². The molecular formula is C12H18FNO. The van der Waals surface area contributed by atoms with Crippen LogP contribution in [0.1, 0.15) is 31.1 Å². The van der Waals surface area contributed by atoms with Crippen LogP contribution in [0, 0.1) is 5.82 Å². The number of rotatable bonds is 1. The van der Waals surface area contributed by atoms with E-state index in [2.05, 4.69) is 0 Å². The predicted octanol–water partition coefficient (Wildman–Crippen LogP) is 2.42. The number of fused-ring (bicyclic) bond motifs is 1. The third kappa shape index (κ3) is 2.55. The van der Waals surface area contributed by atoms with Gasteiger partial charge >= 0.3 is 0 Å². The minimum absolute atomic E-state index is 0.201. The second kappa shape index (κ2) is 5.83. The fourth-order valence-corrected chi connectivity index (χ4v) is 1.74. The predicted molar refractivity (Wildman–Crippen MR) is 59.2 cm³/mol. The summed E-state index contributed by atoms with van der Waals surface area (Å²) in [5.74, 6) is -0.201. The highest BCUT2D eigenvalue weighted by Gasteiger charge is 2.22. The molecule has 2 nitrogen and oxygen atoms in total. The molecule has 0 aromatic heterocycles. The Bertz CT molecular complexity index is 314. The minimum atomic E-state index is -0.259. The fourth-order valence-electron chi connectivity index (χ4n) is 1.74. The Hall–Kier alpha value is -0.930. The molecule has 0 bridgehead atoms. The van der Waals surface area contributed by atoms with E-state index < -0.39 is 0 Å². The number of ether oxygens (including phenoxy) is 1. The van der Waals surface area contributed by atoms with Crippen LogP contribution in [-0.2, 0) is 11.2 Å². The summed E-state index contributed by atoms with van der Waals surface area (Å²) >= 11 is 0. The molecule has 2 rings (SSSR count). The van der Waals surface area contributed by atoms with Crippen molar-refractivity contribution in [2.24, 2.45) is 5.73 Å². The van der Waals surface area contributed by atoms with Crippen LogP contribution in [0.4, 0.5) is 4.39 Å². The van der Waals surface area contributed by atoms with Gasteiger partial charge in [-0.3, -0.25) is 0 Å². The van der Waals surface area contributed by atoms with Crippen molar-refractivity contribution in [2.75, 3.05) is 13.2 Å². The average molecular weight is 211 g/mol. The van der Waals surface area contributed by atoms with Crippen molar-refractivity contribution < 1.29 is 9.13 Å². The summed E-state index contributed by atoms with van der Waals surface area (Å²) in [6, 6.07) is 5.12. The lowest BCUT2D eigenvalue weighted by atomic mass is 9.97. The first kappa shape index (κ1) is 12.1. The van der Waals surface area contributed by atoms with Crippen LogP contribution < -0.4 is 5.73 Å². The van der Waals surface area contributed by atoms with E-state index in [-0.39, 0.29) is 11.9 Å². The molecule has 1 unspecified atom stereocenters. The van der Waals surface area contributed by atoms with E-state index in [0.29, 0.717) is 18.7 Å². The van der Waals surface area contributed by atoms with Crippen LogP contribution in [0.3, 0.4) is 0 Å². The lowest BCUT2D eigenvalue weighted by molar-refractivity contribution is 0.0456. The zero-order valence-corrected chi connectivity index (χ0v) is 9.29. The van der Waals surface area contributed by atoms with Crippen LogP contribution in [0.2, 0.25) is 0 Å². The molecule has 0 fully saturated rings. The Labute approximate surface area is 90.2 Å². The molecule has 1 aliphatic rings. The van der Waals surface area contributed by atoms with E-state index in [1.807, 2.05) is 19.9 Å². The molecule has 1 aliphatic heterocycles. The summed E-state index contributed by atoms with van der Waals surface area (Å²) in [6.45, 7) is 4.98. The second-order valence-electron chi connectivity index (χ2n) is 3.16. The van der Waals surface area contributed by atoms with E-state index in [9.17, 15) is 4.39 Å². The second-order valence-corrected chi connectivity index (χ2v) is 3.16. The van der Waals surface area contributed by atoms with Crippen molar-refractivity contribution in [3.8, 4) is 0 Å². The third-order valence-corrected chi connectivity index (χ3v) is 2.37. The third-order valence-electron chi connectivity index (χ3n) is 2.37. The van der Waals surface area contributed by atoms with Crippen LogP contribution in [0.25, 0.3) is 0 Å². The molecule has 0 saturated heterocycles. The maximum atomic E-state index is 13.4. The maximum absolute atomic E-state index is 13.4. The van der Waals surface area contributed by atoms with Crippen LogP contribution in [0.15, 0.2) is 18.2 Å². The SMILES string of the molecule is CC.NCC1OCCc2cccc(F)c21. The highest BCUT2D eigenvalue weighted by Crippen LogP contribution is 2.28. The number of hydrogen-bond acceptors (Lipinski definition) is 2. The molecule has 1 aromatic carbocycles. The summed E-state index contributed by atoms with van der Waals surface area (Å²) < 4.78 is 18.7. The van der Waals surface area contributed by atoms with Gasteiger partial charge < -0.3 is 10.5 Å². The number of nitrogens with two attached hydrogens (primary N) is 1. The number of hydrogen-bond donors (Lipinski definition) is 1. The molecule has 0 saturated carbocycles. The summed E-state index contributed by atoms with van der Waals surface area (Å²) in [4.78, 5) is 0. The molecule has 0 radical (unpaired) electrons. The van der Waals surface area contributed by atoms with Crippen molar-refractivity contribution in [1.29, 1.82) is 0 Å². The Morgan fingerprint density at radius 1 is 1.47 bits per heavy atom. The standard InChI is InChI=1S/C10H12FNO.C2H6/c11-8-3-1-2-7-4-5-13-9(6-12)10(7)8;1-2/h1-3,9H,4-6,12H2;1-2H3. The van der Waals surface area contributed by atoms with Crippen LogP contribution >= 0.6 is 0 Å². The molecule has 2 N–H and O–H groups in total. The van der Waals surface area contributed by atoms with Crippen molar-refractivity contribution in [3.63, 3.8) is 0 Å². The van der Waals surface area contributed by atoms with Gasteiger partial charge in [-0.1, -0.05) is 26.0 Å². The van der Waals surface area contributed by atoms with Gasteiger partial charge in [0.2, 0.25) is 0 Å². The molecule has 15 heavy (non-hydrogen) atoms. The Morgan fingerprint density at radius 2 is 2.20 bits per heavy atom. The molecule has 0 aliphatic carbocycles. The van der Waals surface area contributed by atoms with Gasteiger partial charge in [-0.05, 0) is 18.1 Å². The Balaban J connectivity index is 0.000000531. The Morgan fingerprint density at radius 3 is 2.87 bits per heavy atom. The first-order chi connectivity index (χ1) is 7.33. The van der Waals surface area contributed by atoms with Gasteiger partial charge in [-0.25, -0.2) is 4.39 Å². The van der Waals surface area contributed by atoms with E-state index in [0.717, 1.165) is 12.0 Å². The van der Waals surface area contributed by atoms with Gasteiger partial charge in [0.25, 0.3) is 0 Å². The lowest BCUT2D eigenvalue weighted by Crippen LogP contribution is -2.24. The summed E-state index contributed by atoms with van der Waals surface area (Å²) in [5, 5.41) is 0. The van der Waals surface area contributed by atoms with Gasteiger partial charge in [-0.15, -0.1) is 0 Å². The van der Waals surface area contributed by atoms with Gasteiger partial charge in [-0.2, -0.15) is 0 Å². The average Bonchev–Trinajstić information content (AvgIpc) is 2.31. The summed E-state index contributed by atoms with van der Waals surface area (Å²) in [6.07, 6.45) is 0.522.